The van der Waals surface area contributed by atoms with E-state index in [1.165, 1.54) is 81.3 Å². The van der Waals surface area contributed by atoms with Crippen LogP contribution in [-0.2, 0) is 0 Å². The second-order valence-corrected chi connectivity index (χ2v) is 12.5. The summed E-state index contributed by atoms with van der Waals surface area (Å²) in [5.74, 6) is 0. The SMILES string of the molecule is c1cc2ccc3cc(-c4ccc5oc6c(-c7ccc8ccc9cccc%10ccc7c8c9%10)cccc6c5c4)cc4ccc(c1)c2c34. The number of rotatable bonds is 2. The molecule has 1 aromatic heterocycles. The van der Waals surface area contributed by atoms with Gasteiger partial charge in [-0.15, -0.1) is 0 Å². The highest BCUT2D eigenvalue weighted by atomic mass is 16.3. The normalized spacial score (nSPS) is 12.4. The van der Waals surface area contributed by atoms with Crippen molar-refractivity contribution in [3.05, 3.63) is 146 Å². The van der Waals surface area contributed by atoms with Gasteiger partial charge in [0.25, 0.3) is 0 Å². The van der Waals surface area contributed by atoms with E-state index in [9.17, 15) is 0 Å². The Bertz CT molecular complexity index is 2900. The van der Waals surface area contributed by atoms with Gasteiger partial charge >= 0.3 is 0 Å². The van der Waals surface area contributed by atoms with Crippen LogP contribution in [0.1, 0.15) is 0 Å². The van der Waals surface area contributed by atoms with Crippen molar-refractivity contribution in [1.29, 1.82) is 0 Å². The number of fused-ring (bicyclic) bond motifs is 3. The van der Waals surface area contributed by atoms with E-state index in [2.05, 4.69) is 146 Å². The van der Waals surface area contributed by atoms with Gasteiger partial charge in [0.2, 0.25) is 0 Å². The number of furan rings is 1. The molecule has 0 radical (unpaired) electrons. The second kappa shape index (κ2) is 8.37. The zero-order valence-electron chi connectivity index (χ0n) is 24.3. The molecule has 0 aliphatic rings. The molecule has 1 heteroatoms. The standard InChI is InChI=1S/C44H24O/c1-4-25-12-14-31-22-33(23-32-15-13-26(5-1)40(25)42(31)32)30-18-21-39-38(24-30)37-9-3-8-36(44(37)45-39)34-19-16-29-11-10-27-6-2-7-28-17-20-35(34)43(29)41(27)28/h1-24H. The first-order valence-corrected chi connectivity index (χ1v) is 15.6. The molecule has 0 aliphatic heterocycles. The molecule has 45 heavy (non-hydrogen) atoms. The molecule has 0 unspecified atom stereocenters. The van der Waals surface area contributed by atoms with Crippen molar-refractivity contribution in [2.24, 2.45) is 0 Å². The molecular formula is C44H24O. The van der Waals surface area contributed by atoms with Crippen molar-refractivity contribution in [1.82, 2.24) is 0 Å². The third-order valence-electron chi connectivity index (χ3n) is 10.1. The van der Waals surface area contributed by atoms with Crippen LogP contribution in [0.5, 0.6) is 0 Å². The van der Waals surface area contributed by atoms with Crippen LogP contribution in [0, 0.1) is 0 Å². The maximum atomic E-state index is 6.68. The second-order valence-electron chi connectivity index (χ2n) is 12.5. The zero-order chi connectivity index (χ0) is 29.2. The molecule has 0 bridgehead atoms. The fourth-order valence-electron chi connectivity index (χ4n) is 8.08. The molecule has 0 N–H and O–H groups in total. The molecule has 0 amide bonds. The van der Waals surface area contributed by atoms with Gasteiger partial charge in [0.1, 0.15) is 11.2 Å². The number of para-hydroxylation sites is 1. The highest BCUT2D eigenvalue weighted by Crippen LogP contribution is 2.44. The van der Waals surface area contributed by atoms with Crippen molar-refractivity contribution in [3.8, 4) is 22.3 Å². The molecule has 1 heterocycles. The van der Waals surface area contributed by atoms with Gasteiger partial charge in [-0.25, -0.2) is 0 Å². The first-order chi connectivity index (χ1) is 22.3. The van der Waals surface area contributed by atoms with E-state index in [0.717, 1.165) is 27.5 Å². The fourth-order valence-corrected chi connectivity index (χ4v) is 8.08. The summed E-state index contributed by atoms with van der Waals surface area (Å²) in [5.41, 5.74) is 6.61. The van der Waals surface area contributed by atoms with Crippen LogP contribution in [0.15, 0.2) is 150 Å². The van der Waals surface area contributed by atoms with Crippen molar-refractivity contribution in [2.75, 3.05) is 0 Å². The summed E-state index contributed by atoms with van der Waals surface area (Å²) in [6.45, 7) is 0. The van der Waals surface area contributed by atoms with Crippen LogP contribution < -0.4 is 0 Å². The molecule has 0 fully saturated rings. The van der Waals surface area contributed by atoms with Crippen LogP contribution >= 0.6 is 0 Å². The molecular weight excluding hydrogens is 544 g/mol. The summed E-state index contributed by atoms with van der Waals surface area (Å²) >= 11 is 0. The highest BCUT2D eigenvalue weighted by molar-refractivity contribution is 6.27. The summed E-state index contributed by atoms with van der Waals surface area (Å²) in [5, 5.41) is 17.9. The lowest BCUT2D eigenvalue weighted by atomic mass is 9.89. The predicted octanol–water partition coefficient (Wildman–Crippen LogP) is 12.7. The van der Waals surface area contributed by atoms with E-state index in [-0.39, 0.29) is 0 Å². The van der Waals surface area contributed by atoms with E-state index in [4.69, 9.17) is 4.42 Å². The zero-order valence-corrected chi connectivity index (χ0v) is 24.3. The number of hydrogen-bond donors (Lipinski definition) is 0. The summed E-state index contributed by atoms with van der Waals surface area (Å²) in [6, 6.07) is 53.6. The minimum atomic E-state index is 0.913. The van der Waals surface area contributed by atoms with Gasteiger partial charge in [-0.1, -0.05) is 121 Å². The molecule has 1 nitrogen and oxygen atoms in total. The molecule has 206 valence electrons. The maximum absolute atomic E-state index is 6.68. The topological polar surface area (TPSA) is 13.1 Å². The predicted molar refractivity (Wildman–Crippen MR) is 192 cm³/mol. The highest BCUT2D eigenvalue weighted by Gasteiger charge is 2.18. The van der Waals surface area contributed by atoms with Crippen LogP contribution in [-0.4, -0.2) is 0 Å². The fraction of sp³-hybridized carbons (Fsp3) is 0. The molecule has 0 saturated heterocycles. The Morgan fingerprint density at radius 1 is 0.311 bits per heavy atom. The quantitative estimate of drug-likeness (QED) is 0.189. The van der Waals surface area contributed by atoms with E-state index >= 15 is 0 Å². The lowest BCUT2D eigenvalue weighted by Gasteiger charge is -2.14. The summed E-state index contributed by atoms with van der Waals surface area (Å²) in [4.78, 5) is 0. The Labute approximate surface area is 258 Å². The Morgan fingerprint density at radius 2 is 0.867 bits per heavy atom. The van der Waals surface area contributed by atoms with E-state index in [1.807, 2.05) is 0 Å². The van der Waals surface area contributed by atoms with Crippen LogP contribution in [0.3, 0.4) is 0 Å². The van der Waals surface area contributed by atoms with E-state index < -0.39 is 0 Å². The third kappa shape index (κ3) is 3.12. The smallest absolute Gasteiger partial charge is 0.143 e. The lowest BCUT2D eigenvalue weighted by molar-refractivity contribution is 0.670. The van der Waals surface area contributed by atoms with Gasteiger partial charge < -0.3 is 4.42 Å². The molecule has 11 aromatic rings. The Kier molecular flexibility index (Phi) is 4.38. The molecule has 11 rings (SSSR count). The van der Waals surface area contributed by atoms with E-state index in [0.29, 0.717) is 0 Å². The van der Waals surface area contributed by atoms with Crippen molar-refractivity contribution < 1.29 is 4.42 Å². The average molecular weight is 569 g/mol. The molecule has 0 spiro atoms. The van der Waals surface area contributed by atoms with Gasteiger partial charge in [-0.3, -0.25) is 0 Å². The van der Waals surface area contributed by atoms with Crippen LogP contribution in [0.2, 0.25) is 0 Å². The average Bonchev–Trinajstić information content (AvgIpc) is 3.48. The first kappa shape index (κ1) is 23.5. The summed E-state index contributed by atoms with van der Waals surface area (Å²) in [6.07, 6.45) is 0. The summed E-state index contributed by atoms with van der Waals surface area (Å²) < 4.78 is 6.68. The van der Waals surface area contributed by atoms with E-state index in [1.54, 1.807) is 0 Å². The van der Waals surface area contributed by atoms with Gasteiger partial charge in [0, 0.05) is 16.3 Å². The van der Waals surface area contributed by atoms with Crippen LogP contribution in [0.4, 0.5) is 0 Å². The molecule has 0 aliphatic carbocycles. The van der Waals surface area contributed by atoms with Gasteiger partial charge in [-0.05, 0) is 106 Å². The molecule has 10 aromatic carbocycles. The molecule has 0 saturated carbocycles. The largest absolute Gasteiger partial charge is 0.455 e. The molecule has 0 atom stereocenters. The number of benzene rings is 10. The minimum absolute atomic E-state index is 0.913. The van der Waals surface area contributed by atoms with Gasteiger partial charge in [-0.2, -0.15) is 0 Å². The van der Waals surface area contributed by atoms with Crippen LogP contribution in [0.25, 0.3) is 109 Å². The first-order valence-electron chi connectivity index (χ1n) is 15.6. The van der Waals surface area contributed by atoms with Gasteiger partial charge in [0.05, 0.1) is 0 Å². The Hall–Kier alpha value is -5.92. The van der Waals surface area contributed by atoms with Crippen molar-refractivity contribution in [3.63, 3.8) is 0 Å². The number of hydrogen-bond acceptors (Lipinski definition) is 1. The lowest BCUT2D eigenvalue weighted by Crippen LogP contribution is -1.87. The van der Waals surface area contributed by atoms with Crippen molar-refractivity contribution >= 4 is 86.6 Å². The summed E-state index contributed by atoms with van der Waals surface area (Å²) in [7, 11) is 0. The maximum Gasteiger partial charge on any atom is 0.143 e. The Balaban J connectivity index is 1.13. The monoisotopic (exact) mass is 568 g/mol. The van der Waals surface area contributed by atoms with Crippen molar-refractivity contribution in [2.45, 2.75) is 0 Å². The minimum Gasteiger partial charge on any atom is -0.455 e. The third-order valence-corrected chi connectivity index (χ3v) is 10.1. The van der Waals surface area contributed by atoms with Gasteiger partial charge in [0.15, 0.2) is 0 Å². The Morgan fingerprint density at radius 3 is 1.58 bits per heavy atom.